The third-order valence-corrected chi connectivity index (χ3v) is 4.41. The van der Waals surface area contributed by atoms with Gasteiger partial charge in [-0.15, -0.1) is 0 Å². The molecule has 2 amide bonds. The van der Waals surface area contributed by atoms with Gasteiger partial charge in [0.05, 0.1) is 7.05 Å². The number of likely N-dealkylation sites (N-methyl/N-ethyl adjacent to an activating group) is 1. The van der Waals surface area contributed by atoms with Crippen molar-refractivity contribution in [2.24, 2.45) is 5.92 Å². The van der Waals surface area contributed by atoms with E-state index in [1.807, 2.05) is 0 Å². The summed E-state index contributed by atoms with van der Waals surface area (Å²) in [6, 6.07) is 6.03. The molecular formula is C18H27FN3O2+. The number of quaternary nitrogens is 1. The van der Waals surface area contributed by atoms with Gasteiger partial charge in [-0.05, 0) is 49.8 Å². The number of amides is 2. The second-order valence-corrected chi connectivity index (χ2v) is 6.89. The van der Waals surface area contributed by atoms with Crippen molar-refractivity contribution in [3.05, 3.63) is 30.1 Å². The standard InChI is InChI=1S/C18H26FN3O2/c1-13-6-8-15(9-7-13)20-17(23)11-22(2)12-18(24)21-16-5-3-4-14(19)10-16/h3-5,10,13,15H,6-9,11-12H2,1-2H3,(H,20,23)(H,21,24)/p+1. The number of anilines is 1. The summed E-state index contributed by atoms with van der Waals surface area (Å²) < 4.78 is 13.1. The van der Waals surface area contributed by atoms with Gasteiger partial charge in [0, 0.05) is 11.7 Å². The number of hydrogen-bond donors (Lipinski definition) is 3. The Balaban J connectivity index is 1.70. The SMILES string of the molecule is CC1CCC(NC(=O)C[NH+](C)CC(=O)Nc2cccc(F)c2)CC1. The van der Waals surface area contributed by atoms with Gasteiger partial charge in [-0.25, -0.2) is 4.39 Å². The molecule has 24 heavy (non-hydrogen) atoms. The summed E-state index contributed by atoms with van der Waals surface area (Å²) in [4.78, 5) is 24.8. The van der Waals surface area contributed by atoms with Gasteiger partial charge in [-0.3, -0.25) is 9.59 Å². The Morgan fingerprint density at radius 2 is 1.83 bits per heavy atom. The lowest BCUT2D eigenvalue weighted by atomic mass is 9.87. The first-order valence-corrected chi connectivity index (χ1v) is 8.58. The van der Waals surface area contributed by atoms with Crippen LogP contribution < -0.4 is 15.5 Å². The third-order valence-electron chi connectivity index (χ3n) is 4.41. The highest BCUT2D eigenvalue weighted by Gasteiger charge is 2.21. The lowest BCUT2D eigenvalue weighted by Gasteiger charge is -2.27. The fourth-order valence-electron chi connectivity index (χ4n) is 3.07. The summed E-state index contributed by atoms with van der Waals surface area (Å²) in [5.41, 5.74) is 0.425. The molecular weight excluding hydrogens is 309 g/mol. The lowest BCUT2D eigenvalue weighted by molar-refractivity contribution is -0.862. The second-order valence-electron chi connectivity index (χ2n) is 6.89. The molecule has 5 nitrogen and oxygen atoms in total. The van der Waals surface area contributed by atoms with Gasteiger partial charge in [-0.1, -0.05) is 13.0 Å². The topological polar surface area (TPSA) is 62.6 Å². The summed E-state index contributed by atoms with van der Waals surface area (Å²) in [7, 11) is 1.80. The van der Waals surface area contributed by atoms with Crippen LogP contribution in [0.15, 0.2) is 24.3 Å². The predicted molar refractivity (Wildman–Crippen MR) is 91.2 cm³/mol. The monoisotopic (exact) mass is 336 g/mol. The van der Waals surface area contributed by atoms with Crippen LogP contribution in [0.2, 0.25) is 0 Å². The molecule has 1 atom stereocenters. The van der Waals surface area contributed by atoms with E-state index < -0.39 is 5.82 Å². The summed E-state index contributed by atoms with van der Waals surface area (Å²) >= 11 is 0. The number of hydrogen-bond acceptors (Lipinski definition) is 2. The Hall–Kier alpha value is -1.95. The van der Waals surface area contributed by atoms with Crippen LogP contribution in [-0.2, 0) is 9.59 Å². The minimum absolute atomic E-state index is 0.0226. The zero-order valence-electron chi connectivity index (χ0n) is 14.4. The van der Waals surface area contributed by atoms with E-state index in [0.717, 1.165) is 36.5 Å². The molecule has 0 spiro atoms. The van der Waals surface area contributed by atoms with Crippen LogP contribution in [-0.4, -0.2) is 38.0 Å². The molecule has 1 saturated carbocycles. The Morgan fingerprint density at radius 3 is 2.50 bits per heavy atom. The molecule has 6 heteroatoms. The molecule has 1 aromatic rings. The molecule has 1 aromatic carbocycles. The van der Waals surface area contributed by atoms with Crippen LogP contribution in [0.4, 0.5) is 10.1 Å². The summed E-state index contributed by atoms with van der Waals surface area (Å²) in [5, 5.41) is 5.70. The Morgan fingerprint density at radius 1 is 1.17 bits per heavy atom. The van der Waals surface area contributed by atoms with Crippen LogP contribution >= 0.6 is 0 Å². The van der Waals surface area contributed by atoms with Crippen LogP contribution in [0, 0.1) is 11.7 Å². The minimum atomic E-state index is -0.394. The molecule has 0 aliphatic heterocycles. The Kier molecular flexibility index (Phi) is 6.73. The molecule has 0 saturated heterocycles. The van der Waals surface area contributed by atoms with E-state index in [-0.39, 0.29) is 30.9 Å². The van der Waals surface area contributed by atoms with E-state index in [1.165, 1.54) is 12.1 Å². The van der Waals surface area contributed by atoms with Crippen molar-refractivity contribution in [1.29, 1.82) is 0 Å². The number of carbonyl (C=O) groups is 2. The van der Waals surface area contributed by atoms with Crippen LogP contribution in [0.25, 0.3) is 0 Å². The van der Waals surface area contributed by atoms with Gasteiger partial charge in [0.1, 0.15) is 5.82 Å². The fraction of sp³-hybridized carbons (Fsp3) is 0.556. The maximum absolute atomic E-state index is 13.1. The van der Waals surface area contributed by atoms with E-state index in [4.69, 9.17) is 0 Å². The van der Waals surface area contributed by atoms with E-state index in [2.05, 4.69) is 17.6 Å². The number of nitrogens with one attached hydrogen (secondary N) is 3. The highest BCUT2D eigenvalue weighted by Crippen LogP contribution is 2.23. The van der Waals surface area contributed by atoms with E-state index in [0.29, 0.717) is 5.69 Å². The van der Waals surface area contributed by atoms with Crippen molar-refractivity contribution in [2.45, 2.75) is 38.6 Å². The van der Waals surface area contributed by atoms with Gasteiger partial charge >= 0.3 is 0 Å². The Labute approximate surface area is 142 Å². The highest BCUT2D eigenvalue weighted by atomic mass is 19.1. The summed E-state index contributed by atoms with van der Waals surface area (Å²) in [5.74, 6) is 0.0932. The largest absolute Gasteiger partial charge is 0.348 e. The average Bonchev–Trinajstić information content (AvgIpc) is 2.49. The van der Waals surface area contributed by atoms with Gasteiger partial charge in [0.25, 0.3) is 11.8 Å². The number of rotatable bonds is 6. The van der Waals surface area contributed by atoms with Crippen molar-refractivity contribution >= 4 is 17.5 Å². The lowest BCUT2D eigenvalue weighted by Crippen LogP contribution is -3.11. The first-order chi connectivity index (χ1) is 11.4. The zero-order valence-corrected chi connectivity index (χ0v) is 14.4. The zero-order chi connectivity index (χ0) is 17.5. The molecule has 0 bridgehead atoms. The van der Waals surface area contributed by atoms with E-state index >= 15 is 0 Å². The normalized spacial score (nSPS) is 21.8. The van der Waals surface area contributed by atoms with Gasteiger partial charge in [0.2, 0.25) is 0 Å². The number of carbonyl (C=O) groups excluding carboxylic acids is 2. The molecule has 0 radical (unpaired) electrons. The highest BCUT2D eigenvalue weighted by molar-refractivity contribution is 5.91. The Bertz CT molecular complexity index is 571. The molecule has 1 unspecified atom stereocenters. The predicted octanol–water partition coefficient (Wildman–Crippen LogP) is 0.974. The van der Waals surface area contributed by atoms with Gasteiger partial charge in [0.15, 0.2) is 13.1 Å². The molecule has 0 heterocycles. The molecule has 1 fully saturated rings. The van der Waals surface area contributed by atoms with Crippen molar-refractivity contribution in [3.63, 3.8) is 0 Å². The van der Waals surface area contributed by atoms with Crippen molar-refractivity contribution < 1.29 is 18.9 Å². The first kappa shape index (κ1) is 18.4. The van der Waals surface area contributed by atoms with Crippen molar-refractivity contribution in [2.75, 3.05) is 25.5 Å². The molecule has 132 valence electrons. The summed E-state index contributed by atoms with van der Waals surface area (Å²) in [6.45, 7) is 2.65. The van der Waals surface area contributed by atoms with Crippen molar-refractivity contribution in [1.82, 2.24) is 5.32 Å². The van der Waals surface area contributed by atoms with Crippen LogP contribution in [0.1, 0.15) is 32.6 Å². The van der Waals surface area contributed by atoms with Gasteiger partial charge in [-0.2, -0.15) is 0 Å². The molecule has 1 aliphatic rings. The smallest absolute Gasteiger partial charge is 0.279 e. The third kappa shape index (κ3) is 6.28. The number of halogens is 1. The molecule has 1 aliphatic carbocycles. The van der Waals surface area contributed by atoms with E-state index in [9.17, 15) is 14.0 Å². The maximum Gasteiger partial charge on any atom is 0.279 e. The summed E-state index contributed by atoms with van der Waals surface area (Å²) in [6.07, 6.45) is 4.38. The van der Waals surface area contributed by atoms with Crippen LogP contribution in [0.3, 0.4) is 0 Å². The van der Waals surface area contributed by atoms with E-state index in [1.54, 1.807) is 19.2 Å². The number of benzene rings is 1. The molecule has 2 rings (SSSR count). The van der Waals surface area contributed by atoms with Crippen molar-refractivity contribution in [3.8, 4) is 0 Å². The first-order valence-electron chi connectivity index (χ1n) is 8.58. The molecule has 0 aromatic heterocycles. The van der Waals surface area contributed by atoms with Crippen LogP contribution in [0.5, 0.6) is 0 Å². The minimum Gasteiger partial charge on any atom is -0.348 e. The second kappa shape index (κ2) is 8.78. The average molecular weight is 336 g/mol. The fourth-order valence-corrected chi connectivity index (χ4v) is 3.07. The molecule has 3 N–H and O–H groups in total. The van der Waals surface area contributed by atoms with Gasteiger partial charge < -0.3 is 15.5 Å². The maximum atomic E-state index is 13.1. The quantitative estimate of drug-likeness (QED) is 0.725.